The van der Waals surface area contributed by atoms with Crippen LogP contribution in [0.3, 0.4) is 0 Å². The Morgan fingerprint density at radius 3 is 2.00 bits per heavy atom. The molecule has 1 aromatic rings. The minimum atomic E-state index is -9.62. The Labute approximate surface area is 104 Å². The van der Waals surface area contributed by atoms with Crippen molar-refractivity contribution in [3.63, 3.8) is 0 Å². The zero-order chi connectivity index (χ0) is 13.5. The maximum absolute atomic E-state index is 12.5. The van der Waals surface area contributed by atoms with Gasteiger partial charge in [0.15, 0.2) is 0 Å². The van der Waals surface area contributed by atoms with Gasteiger partial charge in [-0.2, -0.15) is 0 Å². The first-order chi connectivity index (χ1) is 7.29. The van der Waals surface area contributed by atoms with E-state index in [4.69, 9.17) is 4.74 Å². The fraction of sp³-hybridized carbons (Fsp3) is 0.333. The highest BCUT2D eigenvalue weighted by atomic mass is 79.9. The fourth-order valence-electron chi connectivity index (χ4n) is 1.07. The van der Waals surface area contributed by atoms with Crippen LogP contribution < -0.4 is 4.74 Å². The second kappa shape index (κ2) is 3.50. The molecule has 0 aromatic heterocycles. The van der Waals surface area contributed by atoms with Crippen molar-refractivity contribution in [2.75, 3.05) is 0 Å². The molecule has 1 nitrogen and oxygen atoms in total. The summed E-state index contributed by atoms with van der Waals surface area (Å²) >= 11 is 2.78. The SMILES string of the molecule is CC(C)Oc1ccc(S(F)(F)(F)(F)F)cc1Br. The van der Waals surface area contributed by atoms with Gasteiger partial charge < -0.3 is 4.74 Å². The maximum atomic E-state index is 12.5. The molecule has 100 valence electrons. The number of rotatable bonds is 3. The average molecular weight is 341 g/mol. The molecule has 1 rings (SSSR count). The van der Waals surface area contributed by atoms with Crippen molar-refractivity contribution in [2.24, 2.45) is 0 Å². The Hall–Kier alpha value is -0.500. The number of ether oxygens (including phenoxy) is 1. The maximum Gasteiger partial charge on any atom is 0.310 e. The van der Waals surface area contributed by atoms with Crippen LogP contribution in [0.1, 0.15) is 13.8 Å². The van der Waals surface area contributed by atoms with E-state index in [0.29, 0.717) is 12.1 Å². The fourth-order valence-corrected chi connectivity index (χ4v) is 2.36. The van der Waals surface area contributed by atoms with Crippen LogP contribution in [0.5, 0.6) is 5.75 Å². The molecule has 17 heavy (non-hydrogen) atoms. The van der Waals surface area contributed by atoms with Crippen LogP contribution in [0, 0.1) is 0 Å². The molecule has 8 heteroatoms. The van der Waals surface area contributed by atoms with E-state index in [9.17, 15) is 19.4 Å². The van der Waals surface area contributed by atoms with Gasteiger partial charge in [0.2, 0.25) is 0 Å². The Morgan fingerprint density at radius 2 is 1.65 bits per heavy atom. The van der Waals surface area contributed by atoms with Crippen molar-refractivity contribution in [3.8, 4) is 5.75 Å². The minimum absolute atomic E-state index is 0.0885. The molecule has 0 amide bonds. The van der Waals surface area contributed by atoms with Gasteiger partial charge in [-0.15, -0.1) is 0 Å². The first-order valence-corrected chi connectivity index (χ1v) is 7.24. The monoisotopic (exact) mass is 340 g/mol. The first-order valence-electron chi connectivity index (χ1n) is 4.50. The predicted octanol–water partition coefficient (Wildman–Crippen LogP) is 5.89. The molecule has 0 atom stereocenters. The molecule has 0 saturated carbocycles. The zero-order valence-corrected chi connectivity index (χ0v) is 11.3. The van der Waals surface area contributed by atoms with E-state index in [1.54, 1.807) is 13.8 Å². The largest absolute Gasteiger partial charge is 0.490 e. The van der Waals surface area contributed by atoms with E-state index in [-0.39, 0.29) is 16.3 Å². The second-order valence-electron chi connectivity index (χ2n) is 3.73. The van der Waals surface area contributed by atoms with E-state index >= 15 is 0 Å². The lowest BCUT2D eigenvalue weighted by Gasteiger charge is -2.40. The minimum Gasteiger partial charge on any atom is -0.490 e. The third-order valence-corrected chi connectivity index (χ3v) is 3.48. The van der Waals surface area contributed by atoms with E-state index < -0.39 is 15.1 Å². The van der Waals surface area contributed by atoms with Crippen LogP contribution in [0.4, 0.5) is 19.4 Å². The van der Waals surface area contributed by atoms with E-state index in [1.165, 1.54) is 0 Å². The Kier molecular flexibility index (Phi) is 3.00. The van der Waals surface area contributed by atoms with Gasteiger partial charge in [-0.05, 0) is 48.0 Å². The molecule has 1 aromatic carbocycles. The molecular formula is C9H10BrF5OS. The molecule has 0 fully saturated rings. The number of hydrogen-bond acceptors (Lipinski definition) is 1. The molecule has 0 aliphatic heterocycles. The second-order valence-corrected chi connectivity index (χ2v) is 6.99. The van der Waals surface area contributed by atoms with Crippen molar-refractivity contribution < 1.29 is 24.2 Å². The summed E-state index contributed by atoms with van der Waals surface area (Å²) in [5.74, 6) is 0.0885. The van der Waals surface area contributed by atoms with E-state index in [0.717, 1.165) is 6.07 Å². The molecule has 0 N–H and O–H groups in total. The van der Waals surface area contributed by atoms with Gasteiger partial charge in [-0.25, -0.2) is 0 Å². The van der Waals surface area contributed by atoms with Crippen LogP contribution in [0.15, 0.2) is 27.6 Å². The van der Waals surface area contributed by atoms with Gasteiger partial charge in [-0.3, -0.25) is 0 Å². The van der Waals surface area contributed by atoms with Crippen LogP contribution in [-0.2, 0) is 0 Å². The highest BCUT2D eigenvalue weighted by molar-refractivity contribution is 9.10. The smallest absolute Gasteiger partial charge is 0.310 e. The number of benzene rings is 1. The molecular weight excluding hydrogens is 331 g/mol. The summed E-state index contributed by atoms with van der Waals surface area (Å²) in [5.41, 5.74) is 0. The molecule has 0 heterocycles. The van der Waals surface area contributed by atoms with E-state index in [1.807, 2.05) is 0 Å². The summed E-state index contributed by atoms with van der Waals surface area (Å²) in [4.78, 5) is -1.94. The average Bonchev–Trinajstić information content (AvgIpc) is 2.03. The molecule has 0 bridgehead atoms. The lowest BCUT2D eigenvalue weighted by molar-refractivity contribution is 0.240. The van der Waals surface area contributed by atoms with Gasteiger partial charge in [0.25, 0.3) is 0 Å². The molecule has 0 spiro atoms. The molecule has 0 saturated heterocycles. The van der Waals surface area contributed by atoms with Crippen molar-refractivity contribution in [3.05, 3.63) is 22.7 Å². The Bertz CT molecular complexity index is 442. The van der Waals surface area contributed by atoms with Gasteiger partial charge in [0, 0.05) is 0 Å². The topological polar surface area (TPSA) is 9.23 Å². The van der Waals surface area contributed by atoms with Gasteiger partial charge in [-0.1, -0.05) is 19.4 Å². The van der Waals surface area contributed by atoms with Crippen LogP contribution in [-0.4, -0.2) is 6.10 Å². The normalized spacial score (nSPS) is 16.5. The summed E-state index contributed by atoms with van der Waals surface area (Å²) in [7, 11) is -9.62. The first kappa shape index (κ1) is 14.6. The summed E-state index contributed by atoms with van der Waals surface area (Å²) in [6.45, 7) is 3.34. The van der Waals surface area contributed by atoms with Gasteiger partial charge in [0.05, 0.1) is 10.6 Å². The third kappa shape index (κ3) is 4.02. The quantitative estimate of drug-likeness (QED) is 0.623. The van der Waals surface area contributed by atoms with Crippen LogP contribution in [0.2, 0.25) is 0 Å². The van der Waals surface area contributed by atoms with E-state index in [2.05, 4.69) is 15.9 Å². The number of halogens is 6. The summed E-state index contributed by atoms with van der Waals surface area (Å²) in [5, 5.41) is 0. The van der Waals surface area contributed by atoms with Crippen LogP contribution in [0.25, 0.3) is 0 Å². The van der Waals surface area contributed by atoms with Crippen molar-refractivity contribution in [1.82, 2.24) is 0 Å². The van der Waals surface area contributed by atoms with Gasteiger partial charge >= 0.3 is 10.2 Å². The number of hydrogen-bond donors (Lipinski definition) is 0. The van der Waals surface area contributed by atoms with Crippen molar-refractivity contribution >= 4 is 26.2 Å². The molecule has 0 radical (unpaired) electrons. The predicted molar refractivity (Wildman–Crippen MR) is 61.3 cm³/mol. The zero-order valence-electron chi connectivity index (χ0n) is 8.89. The lowest BCUT2D eigenvalue weighted by atomic mass is 10.3. The van der Waals surface area contributed by atoms with Crippen molar-refractivity contribution in [1.29, 1.82) is 0 Å². The highest BCUT2D eigenvalue weighted by Crippen LogP contribution is 3.02. The summed E-state index contributed by atoms with van der Waals surface area (Å²) in [6, 6.07) is 1.53. The lowest BCUT2D eigenvalue weighted by Crippen LogP contribution is -2.08. The summed E-state index contributed by atoms with van der Waals surface area (Å²) < 4.78 is 67.3. The third-order valence-electron chi connectivity index (χ3n) is 1.71. The molecule has 0 unspecified atom stereocenters. The Morgan fingerprint density at radius 1 is 1.12 bits per heavy atom. The standard InChI is InChI=1S/C9H10BrF5OS/c1-6(2)16-9-4-3-7(5-8(9)10)17(11,12,13,14)15/h3-6H,1-2H3. The Balaban J connectivity index is 3.24. The van der Waals surface area contributed by atoms with Crippen molar-refractivity contribution in [2.45, 2.75) is 24.8 Å². The molecule has 0 aliphatic rings. The summed E-state index contributed by atoms with van der Waals surface area (Å²) in [6.07, 6.45) is -0.267. The van der Waals surface area contributed by atoms with Crippen LogP contribution >= 0.6 is 26.2 Å². The van der Waals surface area contributed by atoms with Gasteiger partial charge in [0.1, 0.15) is 10.6 Å². The highest BCUT2D eigenvalue weighted by Gasteiger charge is 2.65. The molecule has 0 aliphatic carbocycles.